The molecule has 5 rings (SSSR count). The summed E-state index contributed by atoms with van der Waals surface area (Å²) >= 11 is 0. The molecule has 0 saturated carbocycles. The molecule has 36 heavy (non-hydrogen) atoms. The van der Waals surface area contributed by atoms with E-state index < -0.39 is 5.91 Å². The number of aromatic nitrogens is 2. The number of benzene rings is 4. The van der Waals surface area contributed by atoms with E-state index in [9.17, 15) is 9.90 Å². The second-order valence-corrected chi connectivity index (χ2v) is 8.32. The minimum atomic E-state index is -0.471. The number of phenols is 1. The van der Waals surface area contributed by atoms with Crippen LogP contribution in [0.5, 0.6) is 11.5 Å². The lowest BCUT2D eigenvalue weighted by atomic mass is 10.0. The lowest BCUT2D eigenvalue weighted by Gasteiger charge is -2.09. The number of hydrogen-bond acceptors (Lipinski definition) is 5. The summed E-state index contributed by atoms with van der Waals surface area (Å²) < 4.78 is 6.86. The minimum absolute atomic E-state index is 0.0553. The number of fused-ring (bicyclic) bond motifs is 1. The van der Waals surface area contributed by atoms with Gasteiger partial charge in [0.05, 0.1) is 24.7 Å². The van der Waals surface area contributed by atoms with Crippen molar-refractivity contribution in [1.82, 2.24) is 15.2 Å². The van der Waals surface area contributed by atoms with Gasteiger partial charge in [0.15, 0.2) is 17.2 Å². The molecule has 0 unspecified atom stereocenters. The molecule has 5 aromatic rings. The molecule has 7 nitrogen and oxygen atoms in total. The molecule has 0 saturated heterocycles. The van der Waals surface area contributed by atoms with Crippen LogP contribution in [0.4, 0.5) is 0 Å². The van der Waals surface area contributed by atoms with Crippen LogP contribution in [0.1, 0.15) is 21.6 Å². The van der Waals surface area contributed by atoms with Crippen molar-refractivity contribution in [1.29, 1.82) is 0 Å². The molecule has 178 valence electrons. The summed E-state index contributed by atoms with van der Waals surface area (Å²) in [5, 5.41) is 21.0. The van der Waals surface area contributed by atoms with Crippen LogP contribution >= 0.6 is 0 Å². The summed E-state index contributed by atoms with van der Waals surface area (Å²) in [6.07, 6.45) is 1.36. The first-order valence-corrected chi connectivity index (χ1v) is 11.4. The molecule has 0 atom stereocenters. The van der Waals surface area contributed by atoms with E-state index in [2.05, 4.69) is 39.9 Å². The fourth-order valence-electron chi connectivity index (χ4n) is 3.96. The SMILES string of the molecule is COc1cccc(/C=N\NC(=O)c2cc(-c3ccc4ccccc4c3)n(-c3ccc(C)cc3)n2)c1O. The number of carbonyl (C=O) groups excluding carboxylic acids is 1. The number of ether oxygens (including phenoxy) is 1. The fraction of sp³-hybridized carbons (Fsp3) is 0.0690. The molecule has 7 heteroatoms. The summed E-state index contributed by atoms with van der Waals surface area (Å²) in [5.74, 6) is -0.205. The molecule has 2 N–H and O–H groups in total. The molecule has 0 bridgehead atoms. The van der Waals surface area contributed by atoms with Gasteiger partial charge in [0.1, 0.15) is 0 Å². The number of methoxy groups -OCH3 is 1. The molecule has 0 fully saturated rings. The van der Waals surface area contributed by atoms with E-state index in [1.54, 1.807) is 28.9 Å². The Bertz CT molecular complexity index is 1590. The van der Waals surface area contributed by atoms with E-state index in [1.807, 2.05) is 49.4 Å². The Morgan fingerprint density at radius 2 is 1.75 bits per heavy atom. The van der Waals surface area contributed by atoms with Crippen LogP contribution in [0.3, 0.4) is 0 Å². The van der Waals surface area contributed by atoms with Crippen LogP contribution in [0.2, 0.25) is 0 Å². The molecule has 0 spiro atoms. The number of aromatic hydroxyl groups is 1. The number of hydrogen-bond donors (Lipinski definition) is 2. The third-order valence-corrected chi connectivity index (χ3v) is 5.89. The predicted molar refractivity (Wildman–Crippen MR) is 141 cm³/mol. The third-order valence-electron chi connectivity index (χ3n) is 5.89. The van der Waals surface area contributed by atoms with Crippen molar-refractivity contribution in [2.75, 3.05) is 7.11 Å². The number of nitrogens with zero attached hydrogens (tertiary/aromatic N) is 3. The van der Waals surface area contributed by atoms with Crippen LogP contribution in [-0.2, 0) is 0 Å². The van der Waals surface area contributed by atoms with Crippen molar-refractivity contribution >= 4 is 22.9 Å². The van der Waals surface area contributed by atoms with Gasteiger partial charge in [-0.3, -0.25) is 4.79 Å². The zero-order valence-corrected chi connectivity index (χ0v) is 19.8. The zero-order valence-electron chi connectivity index (χ0n) is 19.8. The van der Waals surface area contributed by atoms with Crippen LogP contribution in [-0.4, -0.2) is 34.1 Å². The number of carbonyl (C=O) groups is 1. The minimum Gasteiger partial charge on any atom is -0.504 e. The fourth-order valence-corrected chi connectivity index (χ4v) is 3.96. The second-order valence-electron chi connectivity index (χ2n) is 8.32. The molecule has 0 aliphatic rings. The highest BCUT2D eigenvalue weighted by Gasteiger charge is 2.17. The smallest absolute Gasteiger partial charge is 0.291 e. The van der Waals surface area contributed by atoms with Crippen LogP contribution in [0.25, 0.3) is 27.7 Å². The Morgan fingerprint density at radius 1 is 0.972 bits per heavy atom. The van der Waals surface area contributed by atoms with Gasteiger partial charge in [-0.1, -0.05) is 60.2 Å². The molecule has 0 aliphatic heterocycles. The number of aryl methyl sites for hydroxylation is 1. The lowest BCUT2D eigenvalue weighted by Crippen LogP contribution is -2.18. The van der Waals surface area contributed by atoms with Gasteiger partial charge in [0.25, 0.3) is 5.91 Å². The van der Waals surface area contributed by atoms with Crippen LogP contribution in [0.15, 0.2) is 96.1 Å². The molecular weight excluding hydrogens is 452 g/mol. The predicted octanol–water partition coefficient (Wildman–Crippen LogP) is 5.48. The van der Waals surface area contributed by atoms with E-state index in [1.165, 1.54) is 13.3 Å². The van der Waals surface area contributed by atoms with Crippen molar-refractivity contribution in [3.8, 4) is 28.4 Å². The summed E-state index contributed by atoms with van der Waals surface area (Å²) in [4.78, 5) is 12.9. The topological polar surface area (TPSA) is 88.7 Å². The van der Waals surface area contributed by atoms with Gasteiger partial charge in [-0.2, -0.15) is 10.2 Å². The lowest BCUT2D eigenvalue weighted by molar-refractivity contribution is 0.0949. The van der Waals surface area contributed by atoms with Gasteiger partial charge in [-0.15, -0.1) is 0 Å². The molecule has 0 radical (unpaired) electrons. The van der Waals surface area contributed by atoms with Crippen molar-refractivity contribution in [3.05, 3.63) is 108 Å². The third kappa shape index (κ3) is 4.54. The standard InChI is InChI=1S/C29H24N4O3/c1-19-10-14-24(15-11-19)33-26(22-13-12-20-6-3-4-7-21(20)16-22)17-25(32-33)29(35)31-30-18-23-8-5-9-27(36-2)28(23)34/h3-18,34H,1-2H3,(H,31,35)/b30-18-. The molecule has 0 aliphatic carbocycles. The van der Waals surface area contributed by atoms with E-state index in [0.717, 1.165) is 33.3 Å². The van der Waals surface area contributed by atoms with Gasteiger partial charge in [0.2, 0.25) is 0 Å². The number of rotatable bonds is 6. The number of amides is 1. The maximum Gasteiger partial charge on any atom is 0.291 e. The molecule has 4 aromatic carbocycles. The quantitative estimate of drug-likeness (QED) is 0.251. The van der Waals surface area contributed by atoms with Gasteiger partial charge in [-0.05, 0) is 54.1 Å². The van der Waals surface area contributed by atoms with Crippen LogP contribution in [0, 0.1) is 6.92 Å². The van der Waals surface area contributed by atoms with Gasteiger partial charge in [-0.25, -0.2) is 10.1 Å². The van der Waals surface area contributed by atoms with Crippen molar-refractivity contribution in [3.63, 3.8) is 0 Å². The number of hydrazone groups is 1. The Morgan fingerprint density at radius 3 is 2.53 bits per heavy atom. The average molecular weight is 477 g/mol. The molecule has 1 aromatic heterocycles. The maximum atomic E-state index is 12.9. The maximum absolute atomic E-state index is 12.9. The van der Waals surface area contributed by atoms with E-state index in [4.69, 9.17) is 4.74 Å². The van der Waals surface area contributed by atoms with Crippen LogP contribution < -0.4 is 10.2 Å². The summed E-state index contributed by atoms with van der Waals surface area (Å²) in [7, 11) is 1.47. The van der Waals surface area contributed by atoms with E-state index in [-0.39, 0.29) is 11.4 Å². The second kappa shape index (κ2) is 9.76. The number of para-hydroxylation sites is 1. The van der Waals surface area contributed by atoms with Crippen molar-refractivity contribution in [2.45, 2.75) is 6.92 Å². The largest absolute Gasteiger partial charge is 0.504 e. The molecule has 1 heterocycles. The van der Waals surface area contributed by atoms with Crippen molar-refractivity contribution < 1.29 is 14.6 Å². The Labute approximate surface area is 208 Å². The van der Waals surface area contributed by atoms with E-state index in [0.29, 0.717) is 11.3 Å². The van der Waals surface area contributed by atoms with Gasteiger partial charge in [0, 0.05) is 11.1 Å². The monoisotopic (exact) mass is 476 g/mol. The Balaban J connectivity index is 1.49. The Hall–Kier alpha value is -4.91. The number of phenolic OH excluding ortho intramolecular Hbond substituents is 1. The summed E-state index contributed by atoms with van der Waals surface area (Å²) in [6, 6.07) is 29.0. The molecular formula is C29H24N4O3. The normalized spacial score (nSPS) is 11.2. The highest BCUT2D eigenvalue weighted by molar-refractivity contribution is 5.95. The first kappa shape index (κ1) is 22.9. The van der Waals surface area contributed by atoms with E-state index >= 15 is 0 Å². The highest BCUT2D eigenvalue weighted by atomic mass is 16.5. The zero-order chi connectivity index (χ0) is 25.1. The highest BCUT2D eigenvalue weighted by Crippen LogP contribution is 2.29. The number of nitrogens with one attached hydrogen (secondary N) is 1. The van der Waals surface area contributed by atoms with Gasteiger partial charge < -0.3 is 9.84 Å². The Kier molecular flexibility index (Phi) is 6.19. The molecule has 1 amide bonds. The summed E-state index contributed by atoms with van der Waals surface area (Å²) in [5.41, 5.74) is 6.81. The van der Waals surface area contributed by atoms with Gasteiger partial charge >= 0.3 is 0 Å². The first-order valence-electron chi connectivity index (χ1n) is 11.4. The summed E-state index contributed by atoms with van der Waals surface area (Å²) in [6.45, 7) is 2.02. The van der Waals surface area contributed by atoms with Crippen molar-refractivity contribution in [2.24, 2.45) is 5.10 Å². The average Bonchev–Trinajstić information content (AvgIpc) is 3.35. The first-order chi connectivity index (χ1) is 17.5.